The molecule has 0 spiro atoms. The molecule has 2 aromatic rings. The number of aromatic amines is 1. The lowest BCUT2D eigenvalue weighted by atomic mass is 10.0. The fourth-order valence-corrected chi connectivity index (χ4v) is 2.59. The zero-order valence-corrected chi connectivity index (χ0v) is 11.4. The molecule has 0 aliphatic rings. The van der Waals surface area contributed by atoms with E-state index in [0.717, 1.165) is 24.4 Å². The van der Waals surface area contributed by atoms with Crippen LogP contribution in [0, 0.1) is 6.92 Å². The van der Waals surface area contributed by atoms with Gasteiger partial charge in [-0.25, -0.2) is 4.98 Å². The van der Waals surface area contributed by atoms with Gasteiger partial charge < -0.3 is 10.7 Å². The molecule has 17 heavy (non-hydrogen) atoms. The van der Waals surface area contributed by atoms with Crippen LogP contribution in [0.2, 0.25) is 0 Å². The third-order valence-corrected chi connectivity index (χ3v) is 3.79. The molecule has 0 aliphatic heterocycles. The van der Waals surface area contributed by atoms with Crippen molar-refractivity contribution in [1.82, 2.24) is 9.97 Å². The first-order chi connectivity index (χ1) is 7.96. The van der Waals surface area contributed by atoms with Gasteiger partial charge in [-0.3, -0.25) is 0 Å². The van der Waals surface area contributed by atoms with Crippen molar-refractivity contribution in [2.45, 2.75) is 39.2 Å². The number of thiophene rings is 1. The lowest BCUT2D eigenvalue weighted by Gasteiger charge is -2.16. The molecule has 0 saturated heterocycles. The van der Waals surface area contributed by atoms with E-state index in [-0.39, 0.29) is 5.54 Å². The van der Waals surface area contributed by atoms with Crippen LogP contribution in [-0.4, -0.2) is 15.5 Å². The van der Waals surface area contributed by atoms with Crippen molar-refractivity contribution >= 4 is 11.3 Å². The molecule has 0 amide bonds. The predicted molar refractivity (Wildman–Crippen MR) is 73.2 cm³/mol. The van der Waals surface area contributed by atoms with Crippen molar-refractivity contribution in [3.05, 3.63) is 29.0 Å². The van der Waals surface area contributed by atoms with Crippen LogP contribution >= 0.6 is 11.3 Å². The number of aromatic nitrogens is 2. The standard InChI is InChI=1S/C13H19N3S/c1-9-5-7-17-12(9)10-8-15-11(16-10)4-6-13(2,3)14/h5,7-8H,4,6,14H2,1-3H3,(H,15,16). The largest absolute Gasteiger partial charge is 0.341 e. The summed E-state index contributed by atoms with van der Waals surface area (Å²) in [6.07, 6.45) is 3.75. The van der Waals surface area contributed by atoms with Gasteiger partial charge in [-0.1, -0.05) is 0 Å². The predicted octanol–water partition coefficient (Wildman–Crippen LogP) is 3.12. The minimum absolute atomic E-state index is 0.133. The van der Waals surface area contributed by atoms with Gasteiger partial charge in [0, 0.05) is 12.0 Å². The quantitative estimate of drug-likeness (QED) is 0.874. The Kier molecular flexibility index (Phi) is 3.35. The maximum Gasteiger partial charge on any atom is 0.106 e. The molecule has 3 N–H and O–H groups in total. The summed E-state index contributed by atoms with van der Waals surface area (Å²) in [5.74, 6) is 1.02. The highest BCUT2D eigenvalue weighted by Gasteiger charge is 2.12. The average molecular weight is 249 g/mol. The number of rotatable bonds is 4. The number of imidazole rings is 1. The summed E-state index contributed by atoms with van der Waals surface area (Å²) in [6, 6.07) is 2.13. The van der Waals surface area contributed by atoms with Gasteiger partial charge in [0.1, 0.15) is 5.82 Å². The minimum atomic E-state index is -0.133. The van der Waals surface area contributed by atoms with Crippen molar-refractivity contribution < 1.29 is 0 Å². The zero-order chi connectivity index (χ0) is 12.5. The molecule has 92 valence electrons. The summed E-state index contributed by atoms with van der Waals surface area (Å²) >= 11 is 1.74. The Labute approximate surface area is 106 Å². The lowest BCUT2D eigenvalue weighted by Crippen LogP contribution is -2.32. The average Bonchev–Trinajstić information content (AvgIpc) is 2.81. The minimum Gasteiger partial charge on any atom is -0.341 e. The van der Waals surface area contributed by atoms with Gasteiger partial charge in [0.15, 0.2) is 0 Å². The first kappa shape index (κ1) is 12.3. The summed E-state index contributed by atoms with van der Waals surface area (Å²) in [5.41, 5.74) is 8.25. The first-order valence-corrected chi connectivity index (χ1v) is 6.71. The Hall–Kier alpha value is -1.13. The summed E-state index contributed by atoms with van der Waals surface area (Å²) in [6.45, 7) is 6.20. The van der Waals surface area contributed by atoms with Gasteiger partial charge in [-0.15, -0.1) is 11.3 Å². The Morgan fingerprint density at radius 1 is 1.47 bits per heavy atom. The van der Waals surface area contributed by atoms with E-state index in [0.29, 0.717) is 0 Å². The molecule has 0 bridgehead atoms. The third-order valence-electron chi connectivity index (χ3n) is 2.74. The van der Waals surface area contributed by atoms with E-state index in [4.69, 9.17) is 5.73 Å². The molecular formula is C13H19N3S. The van der Waals surface area contributed by atoms with E-state index in [1.165, 1.54) is 10.4 Å². The van der Waals surface area contributed by atoms with E-state index >= 15 is 0 Å². The van der Waals surface area contributed by atoms with Crippen LogP contribution in [0.1, 0.15) is 31.7 Å². The smallest absolute Gasteiger partial charge is 0.106 e. The first-order valence-electron chi connectivity index (χ1n) is 5.83. The van der Waals surface area contributed by atoms with E-state index < -0.39 is 0 Å². The number of nitrogens with zero attached hydrogens (tertiary/aromatic N) is 1. The number of hydrogen-bond acceptors (Lipinski definition) is 3. The van der Waals surface area contributed by atoms with Gasteiger partial charge in [0.25, 0.3) is 0 Å². The molecule has 3 nitrogen and oxygen atoms in total. The van der Waals surface area contributed by atoms with Crippen LogP contribution in [0.4, 0.5) is 0 Å². The van der Waals surface area contributed by atoms with Gasteiger partial charge >= 0.3 is 0 Å². The van der Waals surface area contributed by atoms with Gasteiger partial charge in [0.2, 0.25) is 0 Å². The molecule has 0 radical (unpaired) electrons. The number of nitrogens with two attached hydrogens (primary N) is 1. The van der Waals surface area contributed by atoms with Crippen molar-refractivity contribution in [3.8, 4) is 10.6 Å². The van der Waals surface area contributed by atoms with Crippen LogP contribution in [0.3, 0.4) is 0 Å². The number of hydrogen-bond donors (Lipinski definition) is 2. The van der Waals surface area contributed by atoms with Gasteiger partial charge in [0.05, 0.1) is 16.8 Å². The van der Waals surface area contributed by atoms with Crippen LogP contribution in [0.15, 0.2) is 17.6 Å². The molecule has 0 aliphatic carbocycles. The summed E-state index contributed by atoms with van der Waals surface area (Å²) in [4.78, 5) is 9.06. The second-order valence-electron chi connectivity index (χ2n) is 5.16. The Morgan fingerprint density at radius 3 is 2.82 bits per heavy atom. The molecule has 2 aromatic heterocycles. The van der Waals surface area contributed by atoms with Crippen molar-refractivity contribution in [1.29, 1.82) is 0 Å². The van der Waals surface area contributed by atoms with E-state index in [9.17, 15) is 0 Å². The Morgan fingerprint density at radius 2 is 2.24 bits per heavy atom. The number of H-pyrrole nitrogens is 1. The molecule has 0 unspecified atom stereocenters. The molecular weight excluding hydrogens is 230 g/mol. The fourth-order valence-electron chi connectivity index (χ4n) is 1.69. The molecule has 0 aromatic carbocycles. The highest BCUT2D eigenvalue weighted by Crippen LogP contribution is 2.27. The molecule has 2 rings (SSSR count). The summed E-state index contributed by atoms with van der Waals surface area (Å²) in [5, 5.41) is 2.11. The second-order valence-corrected chi connectivity index (χ2v) is 6.08. The number of aryl methyl sites for hydroxylation is 2. The highest BCUT2D eigenvalue weighted by atomic mass is 32.1. The second kappa shape index (κ2) is 4.63. The van der Waals surface area contributed by atoms with Crippen LogP contribution in [0.5, 0.6) is 0 Å². The molecule has 0 fully saturated rings. The van der Waals surface area contributed by atoms with E-state index in [2.05, 4.69) is 28.3 Å². The van der Waals surface area contributed by atoms with Crippen LogP contribution in [-0.2, 0) is 6.42 Å². The van der Waals surface area contributed by atoms with Crippen molar-refractivity contribution in [3.63, 3.8) is 0 Å². The van der Waals surface area contributed by atoms with E-state index in [1.807, 2.05) is 20.0 Å². The van der Waals surface area contributed by atoms with Crippen molar-refractivity contribution in [2.24, 2.45) is 5.73 Å². The van der Waals surface area contributed by atoms with Crippen LogP contribution < -0.4 is 5.73 Å². The van der Waals surface area contributed by atoms with Crippen LogP contribution in [0.25, 0.3) is 10.6 Å². The van der Waals surface area contributed by atoms with Gasteiger partial charge in [-0.2, -0.15) is 0 Å². The third kappa shape index (κ3) is 3.17. The molecule has 2 heterocycles. The fraction of sp³-hybridized carbons (Fsp3) is 0.462. The maximum atomic E-state index is 5.97. The maximum absolute atomic E-state index is 5.97. The Balaban J connectivity index is 2.09. The topological polar surface area (TPSA) is 54.7 Å². The normalized spacial score (nSPS) is 12.0. The summed E-state index contributed by atoms with van der Waals surface area (Å²) in [7, 11) is 0. The SMILES string of the molecule is Cc1ccsc1-c1cnc(CCC(C)(C)N)[nH]1. The molecule has 4 heteroatoms. The zero-order valence-electron chi connectivity index (χ0n) is 10.6. The van der Waals surface area contributed by atoms with Crippen molar-refractivity contribution in [2.75, 3.05) is 0 Å². The summed E-state index contributed by atoms with van der Waals surface area (Å²) < 4.78 is 0. The van der Waals surface area contributed by atoms with Gasteiger partial charge in [-0.05, 0) is 44.2 Å². The number of nitrogens with one attached hydrogen (secondary N) is 1. The monoisotopic (exact) mass is 249 g/mol. The molecule has 0 saturated carbocycles. The molecule has 0 atom stereocenters. The van der Waals surface area contributed by atoms with E-state index in [1.54, 1.807) is 11.3 Å². The highest BCUT2D eigenvalue weighted by molar-refractivity contribution is 7.13. The Bertz CT molecular complexity index is 491. The lowest BCUT2D eigenvalue weighted by molar-refractivity contribution is 0.472.